The minimum Gasteiger partial charge on any atom is -0.407 e. The second-order valence-electron chi connectivity index (χ2n) is 8.69. The van der Waals surface area contributed by atoms with Crippen LogP contribution in [0.5, 0.6) is 0 Å². The number of benzene rings is 2. The van der Waals surface area contributed by atoms with Crippen LogP contribution in [-0.4, -0.2) is 41.9 Å². The molecule has 2 aromatic carbocycles. The largest absolute Gasteiger partial charge is 0.407 e. The van der Waals surface area contributed by atoms with Crippen LogP contribution in [0.1, 0.15) is 52.7 Å². The Morgan fingerprint density at radius 3 is 2.58 bits per heavy atom. The fraction of sp³-hybridized carbons (Fsp3) is 0.375. The molecule has 1 unspecified atom stereocenters. The van der Waals surface area contributed by atoms with Crippen LogP contribution >= 0.6 is 0 Å². The molecule has 1 saturated heterocycles. The minimum atomic E-state index is -3.57. The molecule has 1 atom stereocenters. The highest BCUT2D eigenvalue weighted by atomic mass is 32.2. The summed E-state index contributed by atoms with van der Waals surface area (Å²) >= 11 is 0. The number of piperidine rings is 1. The van der Waals surface area contributed by atoms with Gasteiger partial charge in [0.2, 0.25) is 15.9 Å². The van der Waals surface area contributed by atoms with Crippen LogP contribution in [0.15, 0.2) is 51.8 Å². The quantitative estimate of drug-likeness (QED) is 0.587. The van der Waals surface area contributed by atoms with Gasteiger partial charge >= 0.3 is 6.01 Å². The third-order valence-corrected chi connectivity index (χ3v) is 7.87. The monoisotopic (exact) mass is 468 g/mol. The van der Waals surface area contributed by atoms with Crippen LogP contribution in [0.2, 0.25) is 0 Å². The van der Waals surface area contributed by atoms with Crippen molar-refractivity contribution in [2.24, 2.45) is 5.92 Å². The van der Waals surface area contributed by atoms with E-state index in [-0.39, 0.29) is 10.9 Å². The number of hydrogen-bond donors (Lipinski definition) is 1. The van der Waals surface area contributed by atoms with Crippen LogP contribution in [-0.2, 0) is 16.4 Å². The van der Waals surface area contributed by atoms with E-state index in [0.29, 0.717) is 36.9 Å². The summed E-state index contributed by atoms with van der Waals surface area (Å²) in [5, 5.41) is 10.5. The van der Waals surface area contributed by atoms with Crippen molar-refractivity contribution in [3.63, 3.8) is 0 Å². The van der Waals surface area contributed by atoms with Gasteiger partial charge in [0.15, 0.2) is 0 Å². The third kappa shape index (κ3) is 5.31. The summed E-state index contributed by atoms with van der Waals surface area (Å²) in [6.07, 6.45) is 2.36. The van der Waals surface area contributed by atoms with Crippen LogP contribution in [0, 0.1) is 19.8 Å². The Balaban J connectivity index is 1.40. The number of anilines is 1. The molecule has 1 fully saturated rings. The highest BCUT2D eigenvalue weighted by Gasteiger charge is 2.28. The molecule has 174 valence electrons. The van der Waals surface area contributed by atoms with Crippen LogP contribution in [0.25, 0.3) is 0 Å². The van der Waals surface area contributed by atoms with Gasteiger partial charge in [-0.25, -0.2) is 8.42 Å². The SMILES string of the molecule is Cc1ccc(Cc2nnc(NC(=O)c3ccc(S(=O)(=O)N4CCCC(C)C4)cc3)o2)cc1C. The van der Waals surface area contributed by atoms with Gasteiger partial charge < -0.3 is 4.42 Å². The zero-order chi connectivity index (χ0) is 23.6. The number of carbonyl (C=O) groups is 1. The normalized spacial score (nSPS) is 17.1. The molecule has 8 nitrogen and oxygen atoms in total. The van der Waals surface area contributed by atoms with Crippen molar-refractivity contribution >= 4 is 21.9 Å². The Labute approximate surface area is 194 Å². The number of hydrogen-bond acceptors (Lipinski definition) is 6. The lowest BCUT2D eigenvalue weighted by Crippen LogP contribution is -2.39. The van der Waals surface area contributed by atoms with Crippen molar-refractivity contribution in [2.45, 2.75) is 44.9 Å². The van der Waals surface area contributed by atoms with E-state index in [9.17, 15) is 13.2 Å². The van der Waals surface area contributed by atoms with Gasteiger partial charge in [0.05, 0.1) is 11.3 Å². The van der Waals surface area contributed by atoms with Gasteiger partial charge in [0.1, 0.15) is 0 Å². The van der Waals surface area contributed by atoms with Gasteiger partial charge in [-0.1, -0.05) is 30.2 Å². The molecule has 1 N–H and O–H groups in total. The number of sulfonamides is 1. The lowest BCUT2D eigenvalue weighted by atomic mass is 10.0. The highest BCUT2D eigenvalue weighted by molar-refractivity contribution is 7.89. The molecule has 1 aliphatic heterocycles. The summed E-state index contributed by atoms with van der Waals surface area (Å²) in [7, 11) is -3.57. The van der Waals surface area contributed by atoms with Gasteiger partial charge in [-0.2, -0.15) is 4.31 Å². The van der Waals surface area contributed by atoms with Crippen molar-refractivity contribution in [3.05, 3.63) is 70.6 Å². The van der Waals surface area contributed by atoms with E-state index in [4.69, 9.17) is 4.42 Å². The lowest BCUT2D eigenvalue weighted by molar-refractivity contribution is 0.102. The number of rotatable bonds is 6. The van der Waals surface area contributed by atoms with E-state index in [2.05, 4.69) is 35.4 Å². The number of amides is 1. The van der Waals surface area contributed by atoms with E-state index in [0.717, 1.165) is 18.4 Å². The van der Waals surface area contributed by atoms with Crippen molar-refractivity contribution in [1.29, 1.82) is 0 Å². The number of aryl methyl sites for hydroxylation is 2. The molecule has 0 saturated carbocycles. The first-order chi connectivity index (χ1) is 15.7. The van der Waals surface area contributed by atoms with Crippen molar-refractivity contribution < 1.29 is 17.6 Å². The second kappa shape index (κ2) is 9.44. The average molecular weight is 469 g/mol. The van der Waals surface area contributed by atoms with E-state index in [1.807, 2.05) is 19.1 Å². The summed E-state index contributed by atoms with van der Waals surface area (Å²) in [4.78, 5) is 12.8. The molecule has 0 spiro atoms. The average Bonchev–Trinajstić information content (AvgIpc) is 3.23. The van der Waals surface area contributed by atoms with E-state index in [1.54, 1.807) is 0 Å². The topological polar surface area (TPSA) is 105 Å². The Bertz CT molecular complexity index is 1250. The first kappa shape index (κ1) is 23.1. The zero-order valence-corrected chi connectivity index (χ0v) is 19.9. The van der Waals surface area contributed by atoms with Crippen molar-refractivity contribution in [2.75, 3.05) is 18.4 Å². The Morgan fingerprint density at radius 2 is 1.88 bits per heavy atom. The molecule has 33 heavy (non-hydrogen) atoms. The molecular weight excluding hydrogens is 440 g/mol. The van der Waals surface area contributed by atoms with Crippen LogP contribution in [0.4, 0.5) is 6.01 Å². The first-order valence-corrected chi connectivity index (χ1v) is 12.5. The molecule has 1 aromatic heterocycles. The Hall–Kier alpha value is -3.04. The molecular formula is C24H28N4O4S. The summed E-state index contributed by atoms with van der Waals surface area (Å²) < 4.78 is 32.9. The summed E-state index contributed by atoms with van der Waals surface area (Å²) in [6.45, 7) is 7.19. The Kier molecular flexibility index (Phi) is 6.62. The number of nitrogens with zero attached hydrogens (tertiary/aromatic N) is 3. The second-order valence-corrected chi connectivity index (χ2v) is 10.6. The zero-order valence-electron chi connectivity index (χ0n) is 19.0. The highest BCUT2D eigenvalue weighted by Crippen LogP contribution is 2.24. The van der Waals surface area contributed by atoms with Gasteiger partial charge in [-0.05, 0) is 73.6 Å². The van der Waals surface area contributed by atoms with Crippen molar-refractivity contribution in [1.82, 2.24) is 14.5 Å². The first-order valence-electron chi connectivity index (χ1n) is 11.0. The van der Waals surface area contributed by atoms with Gasteiger partial charge in [-0.3, -0.25) is 10.1 Å². The maximum Gasteiger partial charge on any atom is 0.322 e. The Morgan fingerprint density at radius 1 is 1.12 bits per heavy atom. The van der Waals surface area contributed by atoms with Crippen molar-refractivity contribution in [3.8, 4) is 0 Å². The van der Waals surface area contributed by atoms with E-state index >= 15 is 0 Å². The fourth-order valence-corrected chi connectivity index (χ4v) is 5.52. The molecule has 4 rings (SSSR count). The lowest BCUT2D eigenvalue weighted by Gasteiger charge is -2.30. The molecule has 1 aliphatic rings. The van der Waals surface area contributed by atoms with Crippen LogP contribution in [0.3, 0.4) is 0 Å². The third-order valence-electron chi connectivity index (χ3n) is 5.99. The summed E-state index contributed by atoms with van der Waals surface area (Å²) in [6, 6.07) is 12.0. The standard InChI is InChI=1S/C24H28N4O4S/c1-16-5-4-12-28(15-16)33(30,31)21-10-8-20(9-11-21)23(29)25-24-27-26-22(32-24)14-19-7-6-17(2)18(3)13-19/h6-11,13,16H,4-5,12,14-15H2,1-3H3,(H,25,27,29). The predicted octanol–water partition coefficient (Wildman–Crippen LogP) is 3.95. The molecule has 9 heteroatoms. The summed E-state index contributed by atoms with van der Waals surface area (Å²) in [5.74, 6) is 0.283. The van der Waals surface area contributed by atoms with E-state index < -0.39 is 15.9 Å². The summed E-state index contributed by atoms with van der Waals surface area (Å²) in [5.41, 5.74) is 3.73. The fourth-order valence-electron chi connectivity index (χ4n) is 3.92. The van der Waals surface area contributed by atoms with Gasteiger partial charge in [-0.15, -0.1) is 5.10 Å². The molecule has 3 aromatic rings. The predicted molar refractivity (Wildman–Crippen MR) is 125 cm³/mol. The number of nitrogens with one attached hydrogen (secondary N) is 1. The number of carbonyl (C=O) groups excluding carboxylic acids is 1. The smallest absolute Gasteiger partial charge is 0.322 e. The molecule has 1 amide bonds. The van der Waals surface area contributed by atoms with E-state index in [1.165, 1.54) is 39.7 Å². The maximum atomic E-state index is 12.9. The van der Waals surface area contributed by atoms with Gasteiger partial charge in [0.25, 0.3) is 5.91 Å². The molecule has 0 radical (unpaired) electrons. The maximum absolute atomic E-state index is 12.9. The van der Waals surface area contributed by atoms with Gasteiger partial charge in [0, 0.05) is 18.7 Å². The number of aromatic nitrogens is 2. The molecule has 2 heterocycles. The minimum absolute atomic E-state index is 0.00200. The molecule has 0 bridgehead atoms. The molecule has 0 aliphatic carbocycles. The van der Waals surface area contributed by atoms with Crippen LogP contribution < -0.4 is 5.32 Å².